The van der Waals surface area contributed by atoms with Crippen molar-refractivity contribution in [1.82, 2.24) is 15.4 Å². The highest BCUT2D eigenvalue weighted by Gasteiger charge is 2.36. The van der Waals surface area contributed by atoms with Gasteiger partial charge in [-0.2, -0.15) is 18.2 Å². The van der Waals surface area contributed by atoms with Crippen molar-refractivity contribution in [1.29, 1.82) is 0 Å². The lowest BCUT2D eigenvalue weighted by atomic mass is 9.85. The van der Waals surface area contributed by atoms with E-state index in [2.05, 4.69) is 31.4 Å². The standard InChI is InChI=1S/C22H27F3N6O4/c1-13(33)27-17-7-2-3-8-18(17)29-19-16(22(23,24)25)12-26-21(30-19)28-15-6-4-5-14(11-15)20(34)31-35-10-9-32/h2-3,7-8,12,14-15,32H,4-6,9-11H2,1H3,(H,27,33)(H,31,34)(H2,26,28,29,30). The van der Waals surface area contributed by atoms with E-state index in [1.54, 1.807) is 18.2 Å². The Hall–Kier alpha value is -3.45. The summed E-state index contributed by atoms with van der Waals surface area (Å²) < 4.78 is 40.9. The van der Waals surface area contributed by atoms with Crippen LogP contribution in [0.4, 0.5) is 36.3 Å². The molecule has 2 unspecified atom stereocenters. The van der Waals surface area contributed by atoms with Crippen molar-refractivity contribution in [3.8, 4) is 0 Å². The number of benzene rings is 1. The van der Waals surface area contributed by atoms with Crippen molar-refractivity contribution in [3.63, 3.8) is 0 Å². The van der Waals surface area contributed by atoms with Gasteiger partial charge in [0.25, 0.3) is 0 Å². The summed E-state index contributed by atoms with van der Waals surface area (Å²) in [5, 5.41) is 17.0. The van der Waals surface area contributed by atoms with Crippen LogP contribution in [0.5, 0.6) is 0 Å². The van der Waals surface area contributed by atoms with Gasteiger partial charge in [0.15, 0.2) is 0 Å². The van der Waals surface area contributed by atoms with Crippen LogP contribution in [-0.2, 0) is 20.6 Å². The Morgan fingerprint density at radius 2 is 1.94 bits per heavy atom. The zero-order chi connectivity index (χ0) is 25.4. The molecule has 1 fully saturated rings. The van der Waals surface area contributed by atoms with Crippen molar-refractivity contribution >= 4 is 35.0 Å². The number of halogens is 3. The van der Waals surface area contributed by atoms with Gasteiger partial charge in [-0.3, -0.25) is 14.4 Å². The van der Waals surface area contributed by atoms with Crippen LogP contribution in [0.2, 0.25) is 0 Å². The average Bonchev–Trinajstić information content (AvgIpc) is 2.80. The molecular formula is C22H27F3N6O4. The Morgan fingerprint density at radius 3 is 2.63 bits per heavy atom. The third-order valence-electron chi connectivity index (χ3n) is 5.33. The molecule has 2 amide bonds. The quantitative estimate of drug-likeness (QED) is 0.264. The smallest absolute Gasteiger partial charge is 0.394 e. The largest absolute Gasteiger partial charge is 0.421 e. The zero-order valence-electron chi connectivity index (χ0n) is 19.0. The molecule has 190 valence electrons. The molecule has 1 heterocycles. The predicted octanol–water partition coefficient (Wildman–Crippen LogP) is 3.21. The highest BCUT2D eigenvalue weighted by Crippen LogP contribution is 2.36. The van der Waals surface area contributed by atoms with Crippen LogP contribution in [0.3, 0.4) is 0 Å². The van der Waals surface area contributed by atoms with Gasteiger partial charge in [0.2, 0.25) is 17.8 Å². The number of carbonyl (C=O) groups excluding carboxylic acids is 2. The van der Waals surface area contributed by atoms with Gasteiger partial charge in [-0.1, -0.05) is 18.6 Å². The lowest BCUT2D eigenvalue weighted by molar-refractivity contribution is -0.139. The summed E-state index contributed by atoms with van der Waals surface area (Å²) >= 11 is 0. The van der Waals surface area contributed by atoms with Crippen LogP contribution in [0, 0.1) is 5.92 Å². The molecule has 2 atom stereocenters. The highest BCUT2D eigenvalue weighted by molar-refractivity contribution is 5.93. The summed E-state index contributed by atoms with van der Waals surface area (Å²) in [4.78, 5) is 36.5. The maximum Gasteiger partial charge on any atom is 0.421 e. The fraction of sp³-hybridized carbons (Fsp3) is 0.455. The van der Waals surface area contributed by atoms with Gasteiger partial charge < -0.3 is 21.1 Å². The van der Waals surface area contributed by atoms with Crippen LogP contribution in [-0.4, -0.2) is 46.1 Å². The van der Waals surface area contributed by atoms with Gasteiger partial charge in [0.1, 0.15) is 11.4 Å². The number of hydroxylamine groups is 1. The fourth-order valence-corrected chi connectivity index (χ4v) is 3.77. The number of amides is 2. The second-order valence-electron chi connectivity index (χ2n) is 8.05. The second kappa shape index (κ2) is 11.8. The van der Waals surface area contributed by atoms with E-state index in [4.69, 9.17) is 9.94 Å². The minimum atomic E-state index is -4.72. The molecule has 10 nitrogen and oxygen atoms in total. The number of alkyl halides is 3. The first-order valence-corrected chi connectivity index (χ1v) is 11.0. The summed E-state index contributed by atoms with van der Waals surface area (Å²) in [7, 11) is 0. The highest BCUT2D eigenvalue weighted by atomic mass is 19.4. The van der Waals surface area contributed by atoms with E-state index in [1.165, 1.54) is 13.0 Å². The first-order valence-electron chi connectivity index (χ1n) is 11.0. The molecule has 0 aliphatic heterocycles. The molecule has 2 aromatic rings. The van der Waals surface area contributed by atoms with Crippen LogP contribution in [0.15, 0.2) is 30.5 Å². The molecule has 13 heteroatoms. The van der Waals surface area contributed by atoms with E-state index < -0.39 is 17.6 Å². The summed E-state index contributed by atoms with van der Waals surface area (Å²) in [6.45, 7) is 1.04. The van der Waals surface area contributed by atoms with Crippen LogP contribution in [0.1, 0.15) is 38.2 Å². The molecule has 1 saturated carbocycles. The minimum Gasteiger partial charge on any atom is -0.394 e. The minimum absolute atomic E-state index is 0.0274. The first kappa shape index (κ1) is 26.2. The van der Waals surface area contributed by atoms with Gasteiger partial charge in [0.05, 0.1) is 24.6 Å². The van der Waals surface area contributed by atoms with Crippen LogP contribution < -0.4 is 21.4 Å². The van der Waals surface area contributed by atoms with E-state index in [0.717, 1.165) is 0 Å². The maximum atomic E-state index is 13.6. The molecule has 0 spiro atoms. The van der Waals surface area contributed by atoms with Gasteiger partial charge in [-0.25, -0.2) is 10.5 Å². The number of aliphatic hydroxyl groups excluding tert-OH is 1. The van der Waals surface area contributed by atoms with Crippen LogP contribution >= 0.6 is 0 Å². The number of carbonyl (C=O) groups is 2. The normalized spacial score (nSPS) is 18.0. The van der Waals surface area contributed by atoms with Gasteiger partial charge in [0, 0.05) is 25.1 Å². The third kappa shape index (κ3) is 7.52. The fourth-order valence-electron chi connectivity index (χ4n) is 3.77. The number of nitrogens with zero attached hydrogens (tertiary/aromatic N) is 2. The Morgan fingerprint density at radius 1 is 1.20 bits per heavy atom. The summed E-state index contributed by atoms with van der Waals surface area (Å²) in [6.07, 6.45) is -1.59. The number of hydrogen-bond donors (Lipinski definition) is 5. The molecule has 1 aliphatic carbocycles. The molecule has 1 aliphatic rings. The molecule has 1 aromatic heterocycles. The second-order valence-corrected chi connectivity index (χ2v) is 8.05. The monoisotopic (exact) mass is 496 g/mol. The van der Waals surface area contributed by atoms with E-state index >= 15 is 0 Å². The molecule has 0 radical (unpaired) electrons. The molecular weight excluding hydrogens is 469 g/mol. The Kier molecular flexibility index (Phi) is 8.82. The van der Waals surface area contributed by atoms with Crippen molar-refractivity contribution in [2.45, 2.75) is 44.8 Å². The number of hydrogen-bond acceptors (Lipinski definition) is 8. The molecule has 0 bridgehead atoms. The number of nitrogens with one attached hydrogen (secondary N) is 4. The summed E-state index contributed by atoms with van der Waals surface area (Å²) in [5.74, 6) is -1.57. The third-order valence-corrected chi connectivity index (χ3v) is 5.33. The van der Waals surface area contributed by atoms with Crippen molar-refractivity contribution in [3.05, 3.63) is 36.0 Å². The maximum absolute atomic E-state index is 13.6. The average molecular weight is 496 g/mol. The topological polar surface area (TPSA) is 138 Å². The number of anilines is 4. The summed E-state index contributed by atoms with van der Waals surface area (Å²) in [6, 6.07) is 6.07. The summed E-state index contributed by atoms with van der Waals surface area (Å²) in [5.41, 5.74) is 1.76. The Bertz CT molecular complexity index is 1040. The van der Waals surface area contributed by atoms with E-state index in [1.807, 2.05) is 0 Å². The van der Waals surface area contributed by atoms with E-state index in [9.17, 15) is 22.8 Å². The van der Waals surface area contributed by atoms with E-state index in [-0.39, 0.29) is 48.6 Å². The van der Waals surface area contributed by atoms with E-state index in [0.29, 0.717) is 37.6 Å². The van der Waals surface area contributed by atoms with Crippen molar-refractivity contribution in [2.75, 3.05) is 29.2 Å². The number of aliphatic hydroxyl groups is 1. The van der Waals surface area contributed by atoms with Crippen molar-refractivity contribution in [2.24, 2.45) is 5.92 Å². The first-order chi connectivity index (χ1) is 16.7. The molecule has 35 heavy (non-hydrogen) atoms. The molecule has 3 rings (SSSR count). The lowest BCUT2D eigenvalue weighted by Crippen LogP contribution is -2.38. The number of para-hydroxylation sites is 2. The Balaban J connectivity index is 1.78. The SMILES string of the molecule is CC(=O)Nc1ccccc1Nc1nc(NC2CCCC(C(=O)NOCCO)C2)ncc1C(F)(F)F. The Labute approximate surface area is 199 Å². The molecule has 5 N–H and O–H groups in total. The predicted molar refractivity (Wildman–Crippen MR) is 122 cm³/mol. The lowest BCUT2D eigenvalue weighted by Gasteiger charge is -2.29. The van der Waals surface area contributed by atoms with Crippen molar-refractivity contribution < 1.29 is 32.7 Å². The van der Waals surface area contributed by atoms with Crippen LogP contribution in [0.25, 0.3) is 0 Å². The van der Waals surface area contributed by atoms with Gasteiger partial charge in [-0.15, -0.1) is 0 Å². The number of rotatable bonds is 9. The number of aromatic nitrogens is 2. The molecule has 1 aromatic carbocycles. The zero-order valence-corrected chi connectivity index (χ0v) is 19.0. The molecule has 0 saturated heterocycles. The van der Waals surface area contributed by atoms with Gasteiger partial charge in [-0.05, 0) is 31.4 Å². The van der Waals surface area contributed by atoms with Gasteiger partial charge >= 0.3 is 6.18 Å².